The molecule has 0 radical (unpaired) electrons. The lowest BCUT2D eigenvalue weighted by molar-refractivity contribution is -0.00180. The third-order valence-corrected chi connectivity index (χ3v) is 8.12. The number of hydrogen-bond acceptors (Lipinski definition) is 5. The molecule has 0 spiro atoms. The second-order valence-corrected chi connectivity index (χ2v) is 10.5. The van der Waals surface area contributed by atoms with Crippen LogP contribution in [-0.2, 0) is 22.4 Å². The van der Waals surface area contributed by atoms with Crippen molar-refractivity contribution in [2.24, 2.45) is 0 Å². The smallest absolute Gasteiger partial charge is 0.407 e. The highest BCUT2D eigenvalue weighted by molar-refractivity contribution is 6.35. The molecule has 2 atom stereocenters. The van der Waals surface area contributed by atoms with Crippen molar-refractivity contribution in [1.82, 2.24) is 24.7 Å². The molecular weight excluding hydrogens is 510 g/mol. The maximum Gasteiger partial charge on any atom is 0.407 e. The van der Waals surface area contributed by atoms with Gasteiger partial charge in [-0.2, -0.15) is 0 Å². The van der Waals surface area contributed by atoms with Crippen LogP contribution < -0.4 is 0 Å². The summed E-state index contributed by atoms with van der Waals surface area (Å²) in [6.07, 6.45) is 3.20. The van der Waals surface area contributed by atoms with E-state index in [1.807, 2.05) is 28.9 Å². The highest BCUT2D eigenvalue weighted by atomic mass is 35.5. The number of hydrogen-bond donors (Lipinski definition) is 2. The first-order chi connectivity index (χ1) is 18.4. The average molecular weight is 540 g/mol. The van der Waals surface area contributed by atoms with Gasteiger partial charge in [0.1, 0.15) is 5.65 Å². The second-order valence-electron chi connectivity index (χ2n) is 10.1. The maximum absolute atomic E-state index is 13.5. The van der Waals surface area contributed by atoms with Gasteiger partial charge in [-0.25, -0.2) is 14.6 Å². The Labute approximate surface area is 225 Å². The van der Waals surface area contributed by atoms with Crippen LogP contribution in [0.15, 0.2) is 30.6 Å². The molecule has 3 amide bonds. The van der Waals surface area contributed by atoms with E-state index in [1.165, 1.54) is 4.90 Å². The third-order valence-electron chi connectivity index (χ3n) is 7.81. The lowest BCUT2D eigenvalue weighted by atomic mass is 9.87. The van der Waals surface area contributed by atoms with Gasteiger partial charge in [0.05, 0.1) is 43.5 Å². The number of rotatable bonds is 2. The number of ether oxygens (including phenoxy) is 2. The molecule has 38 heavy (non-hydrogen) atoms. The number of halogens is 1. The molecule has 10 nitrogen and oxygen atoms in total. The van der Waals surface area contributed by atoms with Gasteiger partial charge in [0.2, 0.25) is 0 Å². The fourth-order valence-electron chi connectivity index (χ4n) is 5.74. The summed E-state index contributed by atoms with van der Waals surface area (Å²) in [4.78, 5) is 38.5. The number of H-pyrrole nitrogens is 1. The zero-order valence-corrected chi connectivity index (χ0v) is 21.9. The zero-order chi connectivity index (χ0) is 26.4. The average Bonchev–Trinajstić information content (AvgIpc) is 3.31. The van der Waals surface area contributed by atoms with E-state index in [-0.39, 0.29) is 18.7 Å². The summed E-state index contributed by atoms with van der Waals surface area (Å²) in [5.41, 5.74) is 5.50. The number of carboxylic acid groups (broad SMARTS) is 1. The van der Waals surface area contributed by atoms with Crippen molar-refractivity contribution in [3.8, 4) is 11.1 Å². The van der Waals surface area contributed by atoms with E-state index in [0.29, 0.717) is 63.1 Å². The number of aromatic amines is 1. The lowest BCUT2D eigenvalue weighted by Crippen LogP contribution is -2.53. The molecule has 3 aromatic rings. The summed E-state index contributed by atoms with van der Waals surface area (Å²) < 4.78 is 11.3. The lowest BCUT2D eigenvalue weighted by Gasteiger charge is -2.41. The molecule has 11 heteroatoms. The van der Waals surface area contributed by atoms with Crippen molar-refractivity contribution in [2.75, 3.05) is 46.1 Å². The quantitative estimate of drug-likeness (QED) is 0.506. The number of urea groups is 1. The minimum atomic E-state index is -0.981. The van der Waals surface area contributed by atoms with Crippen LogP contribution in [0.3, 0.4) is 0 Å². The van der Waals surface area contributed by atoms with Crippen LogP contribution >= 0.6 is 11.6 Å². The predicted molar refractivity (Wildman–Crippen MR) is 141 cm³/mol. The normalized spacial score (nSPS) is 22.0. The second kappa shape index (κ2) is 10.1. The Morgan fingerprint density at radius 3 is 2.66 bits per heavy atom. The molecule has 0 aliphatic carbocycles. The largest absolute Gasteiger partial charge is 0.465 e. The van der Waals surface area contributed by atoms with E-state index < -0.39 is 12.1 Å². The van der Waals surface area contributed by atoms with Crippen LogP contribution in [0.1, 0.15) is 29.7 Å². The molecule has 3 aliphatic rings. The van der Waals surface area contributed by atoms with Gasteiger partial charge in [-0.05, 0) is 47.7 Å². The number of morpholine rings is 2. The van der Waals surface area contributed by atoms with E-state index in [2.05, 4.69) is 16.0 Å². The zero-order valence-electron chi connectivity index (χ0n) is 21.2. The number of nitrogens with zero attached hydrogens (tertiary/aromatic N) is 4. The summed E-state index contributed by atoms with van der Waals surface area (Å²) >= 11 is 6.37. The number of fused-ring (bicyclic) bond motifs is 2. The predicted octanol–water partition coefficient (Wildman–Crippen LogP) is 4.13. The van der Waals surface area contributed by atoms with E-state index in [9.17, 15) is 14.7 Å². The summed E-state index contributed by atoms with van der Waals surface area (Å²) in [6.45, 7) is 5.54. The topological polar surface area (TPSA) is 111 Å². The molecule has 0 saturated carbocycles. The minimum absolute atomic E-state index is 0.00628. The fraction of sp³-hybridized carbons (Fsp3) is 0.444. The van der Waals surface area contributed by atoms with E-state index in [0.717, 1.165) is 33.2 Å². The first-order valence-corrected chi connectivity index (χ1v) is 13.3. The number of aromatic nitrogens is 2. The molecular formula is C27H30ClN5O5. The molecule has 5 heterocycles. The van der Waals surface area contributed by atoms with Gasteiger partial charge in [0.15, 0.2) is 0 Å². The van der Waals surface area contributed by atoms with Crippen LogP contribution in [-0.4, -0.2) is 94.0 Å². The molecule has 3 aliphatic heterocycles. The van der Waals surface area contributed by atoms with Gasteiger partial charge in [-0.3, -0.25) is 4.90 Å². The Kier molecular flexibility index (Phi) is 6.63. The Morgan fingerprint density at radius 2 is 1.87 bits per heavy atom. The number of carbonyl (C=O) groups excluding carboxylic acids is 1. The Bertz CT molecular complexity index is 1390. The number of amides is 3. The highest BCUT2D eigenvalue weighted by Crippen LogP contribution is 2.37. The van der Waals surface area contributed by atoms with Gasteiger partial charge in [-0.15, -0.1) is 0 Å². The molecule has 2 saturated heterocycles. The Morgan fingerprint density at radius 1 is 1.08 bits per heavy atom. The molecule has 2 fully saturated rings. The third kappa shape index (κ3) is 4.46. The molecule has 6 rings (SSSR count). The van der Waals surface area contributed by atoms with Crippen LogP contribution in [0.4, 0.5) is 9.59 Å². The molecule has 2 aromatic heterocycles. The first kappa shape index (κ1) is 25.0. The minimum Gasteiger partial charge on any atom is -0.465 e. The number of benzene rings is 1. The van der Waals surface area contributed by atoms with Crippen molar-refractivity contribution >= 4 is 34.8 Å². The van der Waals surface area contributed by atoms with Crippen molar-refractivity contribution < 1.29 is 24.2 Å². The molecule has 0 bridgehead atoms. The highest BCUT2D eigenvalue weighted by Gasteiger charge is 2.35. The van der Waals surface area contributed by atoms with Crippen molar-refractivity contribution in [2.45, 2.75) is 32.0 Å². The van der Waals surface area contributed by atoms with Crippen molar-refractivity contribution in [3.05, 3.63) is 52.3 Å². The summed E-state index contributed by atoms with van der Waals surface area (Å²) in [6, 6.07) is 5.70. The number of nitrogens with one attached hydrogen (secondary N) is 1. The molecule has 2 N–H and O–H groups in total. The van der Waals surface area contributed by atoms with E-state index in [4.69, 9.17) is 21.1 Å². The number of pyridine rings is 1. The van der Waals surface area contributed by atoms with Gasteiger partial charge < -0.3 is 29.4 Å². The van der Waals surface area contributed by atoms with E-state index in [1.54, 1.807) is 12.4 Å². The van der Waals surface area contributed by atoms with Crippen molar-refractivity contribution in [1.29, 1.82) is 0 Å². The summed E-state index contributed by atoms with van der Waals surface area (Å²) in [5, 5.41) is 11.4. The Balaban J connectivity index is 1.42. The number of carbonyl (C=O) groups is 2. The van der Waals surface area contributed by atoms with Gasteiger partial charge >= 0.3 is 12.1 Å². The maximum atomic E-state index is 13.5. The van der Waals surface area contributed by atoms with Gasteiger partial charge in [0.25, 0.3) is 0 Å². The Hall–Kier alpha value is -3.34. The molecule has 1 aromatic carbocycles. The van der Waals surface area contributed by atoms with Crippen LogP contribution in [0.5, 0.6) is 0 Å². The summed E-state index contributed by atoms with van der Waals surface area (Å²) in [5.74, 6) is 0. The fourth-order valence-corrected chi connectivity index (χ4v) is 5.94. The van der Waals surface area contributed by atoms with Crippen molar-refractivity contribution in [3.63, 3.8) is 0 Å². The molecule has 200 valence electrons. The first-order valence-electron chi connectivity index (χ1n) is 12.9. The SMILES string of the molecule is C[C@@H]1COCCN1C(=O)N1CCc2cc(-c3cnc4[nH]cc(Cl)c4c3)cc([C@@H]3COCCN3C(=O)O)c2C1. The van der Waals surface area contributed by atoms with Gasteiger partial charge in [0, 0.05) is 49.5 Å². The monoisotopic (exact) mass is 539 g/mol. The van der Waals surface area contributed by atoms with Crippen LogP contribution in [0, 0.1) is 0 Å². The van der Waals surface area contributed by atoms with Crippen LogP contribution in [0.25, 0.3) is 22.2 Å². The van der Waals surface area contributed by atoms with E-state index >= 15 is 0 Å². The standard InChI is InChI=1S/C27H30ClN5O5/c1-16-14-37-6-4-32(16)26(34)31-3-2-17-8-18(19-10-21-23(28)12-30-25(21)29-11-19)9-20(22(17)13-31)24-15-38-7-5-33(24)27(35)36/h8-12,16,24H,2-7,13-15H2,1H3,(H,29,30)(H,35,36)/t16-,24+/m1/s1. The van der Waals surface area contributed by atoms with Crippen LogP contribution in [0.2, 0.25) is 5.02 Å². The van der Waals surface area contributed by atoms with Gasteiger partial charge in [-0.1, -0.05) is 17.7 Å². The molecule has 0 unspecified atom stereocenters. The summed E-state index contributed by atoms with van der Waals surface area (Å²) in [7, 11) is 0.